The Bertz CT molecular complexity index is 402. The van der Waals surface area contributed by atoms with Crippen LogP contribution in [0.25, 0.3) is 0 Å². The molecule has 0 heterocycles. The Morgan fingerprint density at radius 1 is 1.32 bits per heavy atom. The molecule has 3 nitrogen and oxygen atoms in total. The van der Waals surface area contributed by atoms with Crippen molar-refractivity contribution >= 4 is 5.97 Å². The van der Waals surface area contributed by atoms with Crippen LogP contribution in [0.3, 0.4) is 0 Å². The highest BCUT2D eigenvalue weighted by atomic mass is 16.5. The largest absolute Gasteiger partial charge is 0.481 e. The summed E-state index contributed by atoms with van der Waals surface area (Å²) in [6.07, 6.45) is 4.93. The van der Waals surface area contributed by atoms with E-state index in [-0.39, 0.29) is 12.7 Å². The smallest absolute Gasteiger partial charge is 0.313 e. The predicted molar refractivity (Wildman–Crippen MR) is 74.2 cm³/mol. The zero-order valence-electron chi connectivity index (χ0n) is 11.4. The fraction of sp³-hybridized carbons (Fsp3) is 0.562. The van der Waals surface area contributed by atoms with E-state index < -0.39 is 11.9 Å². The Hall–Kier alpha value is -1.35. The van der Waals surface area contributed by atoms with Gasteiger partial charge in [-0.2, -0.15) is 0 Å². The fourth-order valence-corrected chi connectivity index (χ4v) is 2.75. The van der Waals surface area contributed by atoms with Gasteiger partial charge in [0.15, 0.2) is 0 Å². The molecule has 1 aliphatic carbocycles. The number of rotatable bonds is 5. The minimum atomic E-state index is -0.810. The number of aliphatic carboxylic acids is 1. The van der Waals surface area contributed by atoms with Crippen molar-refractivity contribution in [3.05, 3.63) is 35.9 Å². The molecule has 0 bridgehead atoms. The summed E-state index contributed by atoms with van der Waals surface area (Å²) in [4.78, 5) is 11.4. The molecule has 0 aliphatic heterocycles. The van der Waals surface area contributed by atoms with Gasteiger partial charge in [0.1, 0.15) is 5.92 Å². The molecule has 0 aromatic heterocycles. The average Bonchev–Trinajstić information content (AvgIpc) is 2.42. The third kappa shape index (κ3) is 3.80. The van der Waals surface area contributed by atoms with Gasteiger partial charge in [-0.25, -0.2) is 0 Å². The molecule has 104 valence electrons. The van der Waals surface area contributed by atoms with Gasteiger partial charge in [-0.1, -0.05) is 50.1 Å². The number of carboxylic acid groups (broad SMARTS) is 1. The molecule has 3 atom stereocenters. The molecule has 2 rings (SSSR count). The van der Waals surface area contributed by atoms with E-state index in [4.69, 9.17) is 4.74 Å². The Morgan fingerprint density at radius 2 is 2.00 bits per heavy atom. The summed E-state index contributed by atoms with van der Waals surface area (Å²) >= 11 is 0. The molecule has 1 saturated carbocycles. The molecule has 1 aromatic carbocycles. The summed E-state index contributed by atoms with van der Waals surface area (Å²) in [5, 5.41) is 9.34. The molecule has 1 fully saturated rings. The summed E-state index contributed by atoms with van der Waals surface area (Å²) in [6.45, 7) is 2.47. The molecule has 1 aliphatic rings. The van der Waals surface area contributed by atoms with Crippen molar-refractivity contribution in [2.75, 3.05) is 6.61 Å². The molecule has 0 saturated heterocycles. The SMILES string of the molecule is CC1CCCCC1OCC(C(=O)O)c1ccccc1. The number of carboxylic acids is 1. The van der Waals surface area contributed by atoms with Crippen molar-refractivity contribution in [1.82, 2.24) is 0 Å². The molecule has 3 heteroatoms. The van der Waals surface area contributed by atoms with E-state index >= 15 is 0 Å². The van der Waals surface area contributed by atoms with Crippen LogP contribution in [-0.4, -0.2) is 23.8 Å². The van der Waals surface area contributed by atoms with Gasteiger partial charge in [0.25, 0.3) is 0 Å². The summed E-state index contributed by atoms with van der Waals surface area (Å²) in [6, 6.07) is 9.34. The molecule has 19 heavy (non-hydrogen) atoms. The van der Waals surface area contributed by atoms with E-state index in [1.807, 2.05) is 30.3 Å². The fourth-order valence-electron chi connectivity index (χ4n) is 2.75. The molecule has 3 unspecified atom stereocenters. The topological polar surface area (TPSA) is 46.5 Å². The van der Waals surface area contributed by atoms with E-state index in [1.165, 1.54) is 19.3 Å². The molecule has 0 amide bonds. The Labute approximate surface area is 114 Å². The number of hydrogen-bond acceptors (Lipinski definition) is 2. The second kappa shape index (κ2) is 6.71. The zero-order valence-corrected chi connectivity index (χ0v) is 11.4. The maximum atomic E-state index is 11.4. The summed E-state index contributed by atoms with van der Waals surface area (Å²) in [5.41, 5.74) is 0.818. The van der Waals surface area contributed by atoms with E-state index in [1.54, 1.807) is 0 Å². The van der Waals surface area contributed by atoms with Crippen LogP contribution in [0.4, 0.5) is 0 Å². The van der Waals surface area contributed by atoms with Crippen LogP contribution in [0.2, 0.25) is 0 Å². The van der Waals surface area contributed by atoms with Gasteiger partial charge >= 0.3 is 5.97 Å². The van der Waals surface area contributed by atoms with Crippen molar-refractivity contribution in [3.63, 3.8) is 0 Å². The average molecular weight is 262 g/mol. The van der Waals surface area contributed by atoms with Gasteiger partial charge in [0, 0.05) is 0 Å². The monoisotopic (exact) mass is 262 g/mol. The van der Waals surface area contributed by atoms with Crippen molar-refractivity contribution < 1.29 is 14.6 Å². The minimum absolute atomic E-state index is 0.222. The third-order valence-corrected chi connectivity index (χ3v) is 4.01. The highest BCUT2D eigenvalue weighted by Gasteiger charge is 2.26. The van der Waals surface area contributed by atoms with Crippen LogP contribution in [0.1, 0.15) is 44.1 Å². The van der Waals surface area contributed by atoms with Gasteiger partial charge in [-0.3, -0.25) is 4.79 Å². The lowest BCUT2D eigenvalue weighted by Crippen LogP contribution is -2.29. The predicted octanol–water partition coefficient (Wildman–Crippen LogP) is 3.45. The summed E-state index contributed by atoms with van der Waals surface area (Å²) in [7, 11) is 0. The van der Waals surface area contributed by atoms with Gasteiger partial charge in [-0.15, -0.1) is 0 Å². The van der Waals surface area contributed by atoms with Crippen LogP contribution >= 0.6 is 0 Å². The maximum absolute atomic E-state index is 11.4. The first kappa shape index (κ1) is 14.1. The van der Waals surface area contributed by atoms with Crippen LogP contribution < -0.4 is 0 Å². The van der Waals surface area contributed by atoms with E-state index in [0.717, 1.165) is 12.0 Å². The van der Waals surface area contributed by atoms with E-state index in [0.29, 0.717) is 5.92 Å². The van der Waals surface area contributed by atoms with E-state index in [2.05, 4.69) is 6.92 Å². The molecule has 1 aromatic rings. The summed E-state index contributed by atoms with van der Waals surface area (Å²) < 4.78 is 5.89. The van der Waals surface area contributed by atoms with Crippen molar-refractivity contribution in [3.8, 4) is 0 Å². The molecule has 1 N–H and O–H groups in total. The van der Waals surface area contributed by atoms with Gasteiger partial charge in [-0.05, 0) is 24.3 Å². The highest BCUT2D eigenvalue weighted by Crippen LogP contribution is 2.27. The lowest BCUT2D eigenvalue weighted by molar-refractivity contribution is -0.141. The van der Waals surface area contributed by atoms with Crippen LogP contribution in [0, 0.1) is 5.92 Å². The van der Waals surface area contributed by atoms with Crippen LogP contribution in [-0.2, 0) is 9.53 Å². The Kier molecular flexibility index (Phi) is 4.97. The second-order valence-corrected chi connectivity index (χ2v) is 5.44. The third-order valence-electron chi connectivity index (χ3n) is 4.01. The molecular weight excluding hydrogens is 240 g/mol. The first-order chi connectivity index (χ1) is 9.18. The second-order valence-electron chi connectivity index (χ2n) is 5.44. The number of benzene rings is 1. The molecular formula is C16H22O3. The van der Waals surface area contributed by atoms with Gasteiger partial charge in [0.05, 0.1) is 12.7 Å². The first-order valence-corrected chi connectivity index (χ1v) is 7.08. The van der Waals surface area contributed by atoms with Gasteiger partial charge < -0.3 is 9.84 Å². The number of carbonyl (C=O) groups is 1. The standard InChI is InChI=1S/C16H22O3/c1-12-7-5-6-10-15(12)19-11-14(16(17)18)13-8-3-2-4-9-13/h2-4,8-9,12,14-15H,5-7,10-11H2,1H3,(H,17,18). The molecule has 0 radical (unpaired) electrons. The Balaban J connectivity index is 1.96. The van der Waals surface area contributed by atoms with Crippen molar-refractivity contribution in [1.29, 1.82) is 0 Å². The lowest BCUT2D eigenvalue weighted by Gasteiger charge is -2.29. The quantitative estimate of drug-likeness (QED) is 0.884. The highest BCUT2D eigenvalue weighted by molar-refractivity contribution is 5.76. The lowest BCUT2D eigenvalue weighted by atomic mass is 9.88. The van der Waals surface area contributed by atoms with Crippen molar-refractivity contribution in [2.24, 2.45) is 5.92 Å². The molecule has 0 spiro atoms. The van der Waals surface area contributed by atoms with E-state index in [9.17, 15) is 9.90 Å². The minimum Gasteiger partial charge on any atom is -0.481 e. The number of ether oxygens (including phenoxy) is 1. The van der Waals surface area contributed by atoms with Crippen LogP contribution in [0.5, 0.6) is 0 Å². The Morgan fingerprint density at radius 3 is 2.63 bits per heavy atom. The van der Waals surface area contributed by atoms with Crippen LogP contribution in [0.15, 0.2) is 30.3 Å². The normalized spacial score (nSPS) is 24.9. The summed E-state index contributed by atoms with van der Waals surface area (Å²) in [5.74, 6) is -0.830. The zero-order chi connectivity index (χ0) is 13.7. The maximum Gasteiger partial charge on any atom is 0.313 e. The van der Waals surface area contributed by atoms with Crippen molar-refractivity contribution in [2.45, 2.75) is 44.6 Å². The van der Waals surface area contributed by atoms with Gasteiger partial charge in [0.2, 0.25) is 0 Å². The number of hydrogen-bond donors (Lipinski definition) is 1. The first-order valence-electron chi connectivity index (χ1n) is 7.08.